The first-order valence-electron chi connectivity index (χ1n) is 6.50. The fourth-order valence-corrected chi connectivity index (χ4v) is 2.99. The van der Waals surface area contributed by atoms with E-state index in [1.807, 2.05) is 20.8 Å². The summed E-state index contributed by atoms with van der Waals surface area (Å²) in [6.45, 7) is 6.11. The third kappa shape index (κ3) is 2.60. The Bertz CT molecular complexity index is 360. The molecule has 1 aliphatic carbocycles. The minimum atomic E-state index is -0.794. The van der Waals surface area contributed by atoms with Gasteiger partial charge in [0.15, 0.2) is 0 Å². The molecule has 1 amide bonds. The lowest BCUT2D eigenvalue weighted by atomic mass is 9.73. The van der Waals surface area contributed by atoms with Gasteiger partial charge in [0.2, 0.25) is 0 Å². The highest BCUT2D eigenvalue weighted by molar-refractivity contribution is 5.74. The van der Waals surface area contributed by atoms with Crippen LogP contribution in [0.15, 0.2) is 0 Å². The molecule has 2 aliphatic heterocycles. The van der Waals surface area contributed by atoms with Crippen LogP contribution in [0, 0.1) is 11.8 Å². The maximum atomic E-state index is 12.1. The average molecular weight is 255 g/mol. The monoisotopic (exact) mass is 255 g/mol. The lowest BCUT2D eigenvalue weighted by molar-refractivity contribution is -0.149. The number of carbonyl (C=O) groups is 2. The van der Waals surface area contributed by atoms with Crippen molar-refractivity contribution in [3.63, 3.8) is 0 Å². The molecule has 3 aliphatic rings. The van der Waals surface area contributed by atoms with Crippen LogP contribution in [0.25, 0.3) is 0 Å². The molecule has 2 saturated heterocycles. The number of ether oxygens (including phenoxy) is 1. The molecule has 102 valence electrons. The maximum Gasteiger partial charge on any atom is 0.410 e. The van der Waals surface area contributed by atoms with Gasteiger partial charge in [0.25, 0.3) is 0 Å². The number of hydrogen-bond acceptors (Lipinski definition) is 3. The molecule has 0 spiro atoms. The highest BCUT2D eigenvalue weighted by Crippen LogP contribution is 2.39. The van der Waals surface area contributed by atoms with Gasteiger partial charge in [-0.05, 0) is 46.0 Å². The third-order valence-corrected chi connectivity index (χ3v) is 3.72. The SMILES string of the molecule is CC(C)(C)OC(=O)N1C[C@@H]2CC[C@H]1[C@@H](C(=O)O)C2. The number of carboxylic acid groups (broad SMARTS) is 1. The summed E-state index contributed by atoms with van der Waals surface area (Å²) in [5.41, 5.74) is -0.535. The van der Waals surface area contributed by atoms with Crippen LogP contribution in [0.3, 0.4) is 0 Å². The van der Waals surface area contributed by atoms with E-state index in [9.17, 15) is 14.7 Å². The van der Waals surface area contributed by atoms with Crippen molar-refractivity contribution in [3.05, 3.63) is 0 Å². The van der Waals surface area contributed by atoms with Crippen molar-refractivity contribution in [1.29, 1.82) is 0 Å². The molecule has 0 radical (unpaired) electrons. The van der Waals surface area contributed by atoms with Gasteiger partial charge in [-0.3, -0.25) is 4.79 Å². The molecule has 3 fully saturated rings. The number of aliphatic carboxylic acids is 1. The van der Waals surface area contributed by atoms with Gasteiger partial charge < -0.3 is 14.7 Å². The van der Waals surface area contributed by atoms with Gasteiger partial charge in [-0.2, -0.15) is 0 Å². The zero-order valence-corrected chi connectivity index (χ0v) is 11.2. The van der Waals surface area contributed by atoms with Crippen LogP contribution in [-0.2, 0) is 9.53 Å². The van der Waals surface area contributed by atoms with Gasteiger partial charge in [0.1, 0.15) is 5.60 Å². The summed E-state index contributed by atoms with van der Waals surface area (Å²) in [6.07, 6.45) is 2.12. The van der Waals surface area contributed by atoms with Crippen LogP contribution >= 0.6 is 0 Å². The Morgan fingerprint density at radius 3 is 2.44 bits per heavy atom. The first-order chi connectivity index (χ1) is 8.28. The molecule has 3 atom stereocenters. The minimum absolute atomic E-state index is 0.192. The summed E-state index contributed by atoms with van der Waals surface area (Å²) in [5, 5.41) is 9.21. The van der Waals surface area contributed by atoms with Crippen molar-refractivity contribution < 1.29 is 19.4 Å². The standard InChI is InChI=1S/C13H21NO4/c1-13(2,3)18-12(17)14-7-8-4-5-10(14)9(6-8)11(15)16/h8-10H,4-7H2,1-3H3,(H,15,16)/t8-,9+,10+/m1/s1. The average Bonchev–Trinajstić information content (AvgIpc) is 2.27. The lowest BCUT2D eigenvalue weighted by Crippen LogP contribution is -2.57. The highest BCUT2D eigenvalue weighted by atomic mass is 16.6. The third-order valence-electron chi connectivity index (χ3n) is 3.72. The number of rotatable bonds is 1. The quantitative estimate of drug-likeness (QED) is 0.779. The van der Waals surface area contributed by atoms with Crippen molar-refractivity contribution in [1.82, 2.24) is 4.90 Å². The van der Waals surface area contributed by atoms with Gasteiger partial charge in [-0.25, -0.2) is 4.79 Å². The predicted octanol–water partition coefficient (Wildman–Crippen LogP) is 2.11. The summed E-state index contributed by atoms with van der Waals surface area (Å²) >= 11 is 0. The topological polar surface area (TPSA) is 66.8 Å². The predicted molar refractivity (Wildman–Crippen MR) is 65.2 cm³/mol. The number of piperidine rings is 2. The van der Waals surface area contributed by atoms with Gasteiger partial charge >= 0.3 is 12.1 Å². The molecular formula is C13H21NO4. The molecular weight excluding hydrogens is 234 g/mol. The van der Waals surface area contributed by atoms with Gasteiger partial charge in [-0.1, -0.05) is 0 Å². The summed E-state index contributed by atoms with van der Waals surface area (Å²) < 4.78 is 5.35. The fourth-order valence-electron chi connectivity index (χ4n) is 2.99. The maximum absolute atomic E-state index is 12.1. The molecule has 2 bridgehead atoms. The van der Waals surface area contributed by atoms with Crippen LogP contribution in [0.2, 0.25) is 0 Å². The zero-order chi connectivity index (χ0) is 13.5. The Morgan fingerprint density at radius 1 is 1.28 bits per heavy atom. The molecule has 1 N–H and O–H groups in total. The molecule has 3 rings (SSSR count). The van der Waals surface area contributed by atoms with Crippen molar-refractivity contribution in [2.75, 3.05) is 6.54 Å². The van der Waals surface area contributed by atoms with E-state index in [2.05, 4.69) is 0 Å². The van der Waals surface area contributed by atoms with E-state index in [4.69, 9.17) is 4.74 Å². The first kappa shape index (κ1) is 13.2. The summed E-state index contributed by atoms with van der Waals surface area (Å²) in [4.78, 5) is 24.9. The molecule has 5 heteroatoms. The second kappa shape index (κ2) is 4.44. The normalized spacial score (nSPS) is 31.3. The summed E-state index contributed by atoms with van der Waals surface area (Å²) in [6, 6.07) is -0.192. The van der Waals surface area contributed by atoms with E-state index in [-0.39, 0.29) is 12.1 Å². The molecule has 2 heterocycles. The smallest absolute Gasteiger partial charge is 0.410 e. The van der Waals surface area contributed by atoms with E-state index in [1.165, 1.54) is 0 Å². The Morgan fingerprint density at radius 2 is 1.94 bits per heavy atom. The van der Waals surface area contributed by atoms with E-state index >= 15 is 0 Å². The minimum Gasteiger partial charge on any atom is -0.481 e. The zero-order valence-electron chi connectivity index (χ0n) is 11.2. The molecule has 0 aromatic heterocycles. The summed E-state index contributed by atoms with van der Waals surface area (Å²) in [5.74, 6) is -0.911. The van der Waals surface area contributed by atoms with Crippen LogP contribution in [0.1, 0.15) is 40.0 Å². The van der Waals surface area contributed by atoms with Gasteiger partial charge in [-0.15, -0.1) is 0 Å². The lowest BCUT2D eigenvalue weighted by Gasteiger charge is -2.48. The number of amides is 1. The molecule has 5 nitrogen and oxygen atoms in total. The first-order valence-corrected chi connectivity index (χ1v) is 6.50. The number of carbonyl (C=O) groups excluding carboxylic acids is 1. The molecule has 0 unspecified atom stereocenters. The number of hydrogen-bond donors (Lipinski definition) is 1. The number of fused-ring (bicyclic) bond motifs is 3. The Labute approximate surface area is 107 Å². The Kier molecular flexibility index (Phi) is 3.25. The van der Waals surface area contributed by atoms with E-state index in [0.29, 0.717) is 18.9 Å². The van der Waals surface area contributed by atoms with Crippen molar-refractivity contribution in [2.24, 2.45) is 11.8 Å². The van der Waals surface area contributed by atoms with Gasteiger partial charge in [0, 0.05) is 12.6 Å². The Hall–Kier alpha value is -1.26. The largest absolute Gasteiger partial charge is 0.481 e. The molecule has 18 heavy (non-hydrogen) atoms. The second-order valence-electron chi connectivity index (χ2n) is 6.32. The summed E-state index contributed by atoms with van der Waals surface area (Å²) in [7, 11) is 0. The molecule has 1 saturated carbocycles. The van der Waals surface area contributed by atoms with Crippen LogP contribution in [0.5, 0.6) is 0 Å². The number of nitrogens with zero attached hydrogens (tertiary/aromatic N) is 1. The fraction of sp³-hybridized carbons (Fsp3) is 0.846. The second-order valence-corrected chi connectivity index (χ2v) is 6.32. The number of carboxylic acids is 1. The van der Waals surface area contributed by atoms with Crippen LogP contribution in [-0.4, -0.2) is 40.3 Å². The molecule has 0 aromatic carbocycles. The highest BCUT2D eigenvalue weighted by Gasteiger charge is 2.46. The van der Waals surface area contributed by atoms with Crippen LogP contribution in [0.4, 0.5) is 4.79 Å². The Balaban J connectivity index is 2.10. The van der Waals surface area contributed by atoms with Gasteiger partial charge in [0.05, 0.1) is 5.92 Å². The van der Waals surface area contributed by atoms with E-state index in [1.54, 1.807) is 4.90 Å². The van der Waals surface area contributed by atoms with Crippen molar-refractivity contribution >= 4 is 12.1 Å². The van der Waals surface area contributed by atoms with Crippen molar-refractivity contribution in [3.8, 4) is 0 Å². The van der Waals surface area contributed by atoms with Crippen molar-refractivity contribution in [2.45, 2.75) is 51.7 Å². The van der Waals surface area contributed by atoms with E-state index in [0.717, 1.165) is 12.8 Å². The molecule has 0 aromatic rings. The van der Waals surface area contributed by atoms with Crippen LogP contribution < -0.4 is 0 Å². The van der Waals surface area contributed by atoms with E-state index < -0.39 is 17.5 Å².